The zero-order chi connectivity index (χ0) is 13.2. The Morgan fingerprint density at radius 3 is 2.89 bits per heavy atom. The molecule has 1 aromatic rings. The monoisotopic (exact) mass is 253 g/mol. The molecule has 0 aliphatic carbocycles. The number of carbonyl (C=O) groups excluding carboxylic acids is 1. The van der Waals surface area contributed by atoms with Gasteiger partial charge < -0.3 is 15.2 Å². The summed E-state index contributed by atoms with van der Waals surface area (Å²) < 4.78 is 18.2. The van der Waals surface area contributed by atoms with Crippen molar-refractivity contribution in [1.82, 2.24) is 5.32 Å². The highest BCUT2D eigenvalue weighted by Crippen LogP contribution is 2.07. The molecule has 0 saturated heterocycles. The van der Waals surface area contributed by atoms with Crippen LogP contribution in [0.2, 0.25) is 0 Å². The Hall–Kier alpha value is -1.72. The second-order valence-electron chi connectivity index (χ2n) is 3.48. The second-order valence-corrected chi connectivity index (χ2v) is 3.48. The summed E-state index contributed by atoms with van der Waals surface area (Å²) in [5.74, 6) is -0.682. The quantitative estimate of drug-likeness (QED) is 0.562. The van der Waals surface area contributed by atoms with E-state index in [-0.39, 0.29) is 24.9 Å². The molecule has 0 aromatic heterocycles. The predicted molar refractivity (Wildman–Crippen MR) is 66.3 cm³/mol. The molecule has 18 heavy (non-hydrogen) atoms. The predicted octanol–water partition coefficient (Wildman–Crippen LogP) is 0.964. The molecule has 0 radical (unpaired) electrons. The van der Waals surface area contributed by atoms with Crippen LogP contribution in [0.3, 0.4) is 0 Å². The van der Waals surface area contributed by atoms with Gasteiger partial charge in [0, 0.05) is 18.2 Å². The van der Waals surface area contributed by atoms with Crippen molar-refractivity contribution in [2.75, 3.05) is 26.4 Å². The zero-order valence-electron chi connectivity index (χ0n) is 9.93. The third-order valence-corrected chi connectivity index (χ3v) is 2.10. The number of nitrogens with one attached hydrogen (secondary N) is 1. The number of amides is 1. The fourth-order valence-corrected chi connectivity index (χ4v) is 1.25. The van der Waals surface area contributed by atoms with Gasteiger partial charge in [-0.3, -0.25) is 4.79 Å². The molecular formula is C13H16FNO3. The summed E-state index contributed by atoms with van der Waals surface area (Å²) in [5, 5.41) is 11.0. The molecule has 1 rings (SSSR count). The molecule has 0 fully saturated rings. The lowest BCUT2D eigenvalue weighted by Crippen LogP contribution is -2.25. The molecule has 1 amide bonds. The van der Waals surface area contributed by atoms with E-state index >= 15 is 0 Å². The average Bonchev–Trinajstić information content (AvgIpc) is 2.37. The van der Waals surface area contributed by atoms with Crippen LogP contribution in [0.25, 0.3) is 6.08 Å². The fraction of sp³-hybridized carbons (Fsp3) is 0.308. The first-order valence-electron chi connectivity index (χ1n) is 5.63. The van der Waals surface area contributed by atoms with Crippen LogP contribution in [0, 0.1) is 5.82 Å². The molecule has 0 aliphatic heterocycles. The fourth-order valence-electron chi connectivity index (χ4n) is 1.25. The minimum absolute atomic E-state index is 0.0405. The Balaban J connectivity index is 2.30. The van der Waals surface area contributed by atoms with Crippen LogP contribution in [-0.2, 0) is 9.53 Å². The van der Waals surface area contributed by atoms with Crippen molar-refractivity contribution in [3.63, 3.8) is 0 Å². The van der Waals surface area contributed by atoms with Crippen molar-refractivity contribution >= 4 is 12.0 Å². The van der Waals surface area contributed by atoms with Gasteiger partial charge in [-0.05, 0) is 12.1 Å². The van der Waals surface area contributed by atoms with Gasteiger partial charge in [0.1, 0.15) is 5.82 Å². The van der Waals surface area contributed by atoms with Gasteiger partial charge in [0.2, 0.25) is 5.91 Å². The van der Waals surface area contributed by atoms with Crippen molar-refractivity contribution in [2.45, 2.75) is 0 Å². The van der Waals surface area contributed by atoms with E-state index in [0.717, 1.165) is 0 Å². The standard InChI is InChI=1S/C13H16FNO3/c14-12-4-2-1-3-11(12)5-6-13(17)15-7-9-18-10-8-16/h1-6,16H,7-10H2,(H,15,17)/b6-5+. The second kappa shape index (κ2) is 8.38. The van der Waals surface area contributed by atoms with Crippen LogP contribution in [0.5, 0.6) is 0 Å². The van der Waals surface area contributed by atoms with E-state index in [1.807, 2.05) is 0 Å². The van der Waals surface area contributed by atoms with Crippen LogP contribution >= 0.6 is 0 Å². The Labute approximate surface area is 105 Å². The van der Waals surface area contributed by atoms with Gasteiger partial charge in [-0.15, -0.1) is 0 Å². The Morgan fingerprint density at radius 2 is 2.17 bits per heavy atom. The van der Waals surface area contributed by atoms with Gasteiger partial charge in [0.15, 0.2) is 0 Å². The molecule has 0 spiro atoms. The first-order valence-corrected chi connectivity index (χ1v) is 5.63. The lowest BCUT2D eigenvalue weighted by molar-refractivity contribution is -0.116. The summed E-state index contributed by atoms with van der Waals surface area (Å²) in [6.45, 7) is 0.891. The van der Waals surface area contributed by atoms with E-state index in [1.165, 1.54) is 18.2 Å². The van der Waals surface area contributed by atoms with Crippen LogP contribution in [-0.4, -0.2) is 37.4 Å². The SMILES string of the molecule is O=C(/C=C/c1ccccc1F)NCCOCCO. The molecule has 0 aliphatic rings. The van der Waals surface area contributed by atoms with E-state index in [9.17, 15) is 9.18 Å². The smallest absolute Gasteiger partial charge is 0.244 e. The number of benzene rings is 1. The molecule has 5 heteroatoms. The van der Waals surface area contributed by atoms with Crippen LogP contribution in [0.1, 0.15) is 5.56 Å². The molecule has 0 heterocycles. The lowest BCUT2D eigenvalue weighted by atomic mass is 10.2. The van der Waals surface area contributed by atoms with E-state index in [4.69, 9.17) is 9.84 Å². The highest BCUT2D eigenvalue weighted by Gasteiger charge is 1.98. The molecule has 98 valence electrons. The Bertz CT molecular complexity index is 407. The summed E-state index contributed by atoms with van der Waals surface area (Å²) in [6.07, 6.45) is 2.68. The molecule has 1 aromatic carbocycles. The normalized spacial score (nSPS) is 10.8. The summed E-state index contributed by atoms with van der Waals surface area (Å²) in [5.41, 5.74) is 0.365. The molecular weight excluding hydrogens is 237 g/mol. The molecule has 0 saturated carbocycles. The number of aliphatic hydroxyl groups is 1. The van der Waals surface area contributed by atoms with Gasteiger partial charge in [-0.2, -0.15) is 0 Å². The van der Waals surface area contributed by atoms with Crippen LogP contribution < -0.4 is 5.32 Å². The van der Waals surface area contributed by atoms with Crippen LogP contribution in [0.4, 0.5) is 4.39 Å². The van der Waals surface area contributed by atoms with Gasteiger partial charge in [0.25, 0.3) is 0 Å². The largest absolute Gasteiger partial charge is 0.394 e. The summed E-state index contributed by atoms with van der Waals surface area (Å²) in [4.78, 5) is 11.3. The number of hydrogen-bond acceptors (Lipinski definition) is 3. The minimum Gasteiger partial charge on any atom is -0.394 e. The summed E-state index contributed by atoms with van der Waals surface area (Å²) in [7, 11) is 0. The van der Waals surface area contributed by atoms with Gasteiger partial charge in [-0.25, -0.2) is 4.39 Å². The molecule has 2 N–H and O–H groups in total. The maximum absolute atomic E-state index is 13.2. The highest BCUT2D eigenvalue weighted by molar-refractivity contribution is 5.91. The summed E-state index contributed by atoms with van der Waals surface area (Å²) >= 11 is 0. The van der Waals surface area contributed by atoms with Crippen molar-refractivity contribution in [1.29, 1.82) is 0 Å². The van der Waals surface area contributed by atoms with Gasteiger partial charge in [0.05, 0.1) is 19.8 Å². The minimum atomic E-state index is -0.368. The van der Waals surface area contributed by atoms with Crippen molar-refractivity contribution in [2.24, 2.45) is 0 Å². The average molecular weight is 253 g/mol. The third-order valence-electron chi connectivity index (χ3n) is 2.10. The first kappa shape index (κ1) is 14.3. The molecule has 0 atom stereocenters. The van der Waals surface area contributed by atoms with Crippen molar-refractivity contribution < 1.29 is 19.0 Å². The molecule has 0 unspecified atom stereocenters. The highest BCUT2D eigenvalue weighted by atomic mass is 19.1. The van der Waals surface area contributed by atoms with Crippen LogP contribution in [0.15, 0.2) is 30.3 Å². The maximum atomic E-state index is 13.2. The van der Waals surface area contributed by atoms with E-state index in [1.54, 1.807) is 18.2 Å². The number of ether oxygens (including phenoxy) is 1. The van der Waals surface area contributed by atoms with E-state index in [0.29, 0.717) is 18.7 Å². The first-order chi connectivity index (χ1) is 8.74. The zero-order valence-corrected chi connectivity index (χ0v) is 9.93. The Kier molecular flexibility index (Phi) is 6.68. The lowest BCUT2D eigenvalue weighted by Gasteiger charge is -2.02. The third kappa shape index (κ3) is 5.56. The van der Waals surface area contributed by atoms with Gasteiger partial charge in [-0.1, -0.05) is 18.2 Å². The maximum Gasteiger partial charge on any atom is 0.244 e. The number of rotatable bonds is 7. The number of halogens is 1. The molecule has 0 bridgehead atoms. The number of aliphatic hydroxyl groups excluding tert-OH is 1. The van der Waals surface area contributed by atoms with Crippen molar-refractivity contribution in [3.8, 4) is 0 Å². The summed E-state index contributed by atoms with van der Waals surface area (Å²) in [6, 6.07) is 6.21. The molecule has 4 nitrogen and oxygen atoms in total. The Morgan fingerprint density at radius 1 is 1.39 bits per heavy atom. The topological polar surface area (TPSA) is 58.6 Å². The number of hydrogen-bond donors (Lipinski definition) is 2. The number of carbonyl (C=O) groups is 1. The van der Waals surface area contributed by atoms with E-state index in [2.05, 4.69) is 5.32 Å². The van der Waals surface area contributed by atoms with E-state index < -0.39 is 0 Å². The van der Waals surface area contributed by atoms with Crippen molar-refractivity contribution in [3.05, 3.63) is 41.7 Å². The van der Waals surface area contributed by atoms with Gasteiger partial charge >= 0.3 is 0 Å².